The molecule has 0 aromatic heterocycles. The van der Waals surface area contributed by atoms with Crippen molar-refractivity contribution >= 4 is 29.6 Å². The number of piperidine rings is 1. The smallest absolute Gasteiger partial charge is 0.320 e. The zero-order valence-corrected chi connectivity index (χ0v) is 27.0. The van der Waals surface area contributed by atoms with Gasteiger partial charge < -0.3 is 20.4 Å². The average molecular weight is 651 g/mol. The number of amides is 4. The summed E-state index contributed by atoms with van der Waals surface area (Å²) in [6, 6.07) is -1.74. The van der Waals surface area contributed by atoms with Gasteiger partial charge in [0.15, 0.2) is 0 Å². The van der Waals surface area contributed by atoms with E-state index in [-0.39, 0.29) is 72.1 Å². The number of thioether (sulfide) groups is 1. The first-order valence-electron chi connectivity index (χ1n) is 16.9. The molecule has 0 radical (unpaired) electrons. The molecule has 14 heteroatoms. The minimum Gasteiger partial charge on any atom is -0.353 e. The van der Waals surface area contributed by atoms with Crippen molar-refractivity contribution in [3.8, 4) is 0 Å². The highest BCUT2D eigenvalue weighted by Crippen LogP contribution is 2.45. The number of carbonyl (C=O) groups excluding carboxylic acids is 3. The Morgan fingerprint density at radius 2 is 1.87 bits per heavy atom. The van der Waals surface area contributed by atoms with Crippen molar-refractivity contribution < 1.29 is 23.2 Å². The predicted molar refractivity (Wildman–Crippen MR) is 167 cm³/mol. The highest BCUT2D eigenvalue weighted by atomic mass is 32.2. The SMILES string of the molecule is C=CC(=O)N1CCN(C2NC(=O)N3C4NC(C(F)CC24)C2C(F)CCCC2NC(=O)CCSC2NCNC(C(C)C)C23)C2C[C@H]21. The molecule has 11 nitrogen and oxygen atoms in total. The number of carbonyl (C=O) groups is 3. The molecule has 7 fully saturated rings. The monoisotopic (exact) mass is 650 g/mol. The molecule has 250 valence electrons. The summed E-state index contributed by atoms with van der Waals surface area (Å²) in [5, 5.41) is 16.9. The first-order valence-corrected chi connectivity index (χ1v) is 17.9. The van der Waals surface area contributed by atoms with E-state index in [0.29, 0.717) is 44.8 Å². The third-order valence-electron chi connectivity index (χ3n) is 11.5. The number of rotatable bonds is 3. The lowest BCUT2D eigenvalue weighted by molar-refractivity contribution is -0.130. The van der Waals surface area contributed by atoms with Gasteiger partial charge in [-0.25, -0.2) is 13.6 Å². The Hall–Kier alpha value is -2.00. The number of halogens is 2. The van der Waals surface area contributed by atoms with Crippen LogP contribution in [-0.4, -0.2) is 124 Å². The number of hydrogen-bond donors (Lipinski definition) is 5. The second-order valence-corrected chi connectivity index (χ2v) is 15.5. The van der Waals surface area contributed by atoms with Crippen LogP contribution in [0.2, 0.25) is 0 Å². The van der Waals surface area contributed by atoms with Gasteiger partial charge in [-0.15, -0.1) is 11.8 Å². The molecular formula is C31H48F2N8O3S. The van der Waals surface area contributed by atoms with Gasteiger partial charge in [0.1, 0.15) is 12.3 Å². The van der Waals surface area contributed by atoms with Gasteiger partial charge in [-0.1, -0.05) is 20.4 Å². The summed E-state index contributed by atoms with van der Waals surface area (Å²) in [4.78, 5) is 46.0. The maximum absolute atomic E-state index is 16.6. The average Bonchev–Trinajstić information content (AvgIpc) is 3.81. The lowest BCUT2D eigenvalue weighted by Gasteiger charge is -2.59. The quantitative estimate of drug-likeness (QED) is 0.288. The standard InChI is InChI=1S/C31H48F2N8O3S/c1-4-23(43)39-9-10-40(21-13-20(21)39)28-16-12-18(33)26-24-17(32)6-5-7-19(24)36-22(42)8-11-45-30-27(25(15(2)3)34-14-35-30)41(29(16)37-26)31(44)38-28/h4,15-21,24-30,34-35,37H,1,5-14H2,2-3H3,(H,36,42)(H,38,44)/t16?,17?,18?,19?,20-,21?,24?,25?,26?,27?,28?,29?,30?/m1/s1. The first-order chi connectivity index (χ1) is 21.7. The molecule has 7 rings (SSSR count). The van der Waals surface area contributed by atoms with Crippen LogP contribution in [-0.2, 0) is 9.59 Å². The Morgan fingerprint density at radius 1 is 1.04 bits per heavy atom. The molecule has 0 aromatic carbocycles. The minimum absolute atomic E-state index is 0.0494. The van der Waals surface area contributed by atoms with Crippen LogP contribution < -0.4 is 26.6 Å². The van der Waals surface area contributed by atoms with Crippen LogP contribution in [0.4, 0.5) is 13.6 Å². The first kappa shape index (κ1) is 31.6. The number of piperazine rings is 1. The number of urea groups is 1. The summed E-state index contributed by atoms with van der Waals surface area (Å²) in [6.07, 6.45) is 0.608. The van der Waals surface area contributed by atoms with Crippen molar-refractivity contribution in [2.45, 2.75) is 119 Å². The minimum atomic E-state index is -1.36. The van der Waals surface area contributed by atoms with Gasteiger partial charge in [0.25, 0.3) is 0 Å². The largest absolute Gasteiger partial charge is 0.353 e. The molecule has 0 aromatic rings. The van der Waals surface area contributed by atoms with E-state index in [1.165, 1.54) is 6.08 Å². The van der Waals surface area contributed by atoms with Crippen molar-refractivity contribution in [3.63, 3.8) is 0 Å². The van der Waals surface area contributed by atoms with Gasteiger partial charge in [0.05, 0.1) is 23.7 Å². The predicted octanol–water partition coefficient (Wildman–Crippen LogP) is 1.08. The fourth-order valence-corrected chi connectivity index (χ4v) is 10.6. The molecule has 13 atom stereocenters. The lowest BCUT2D eigenvalue weighted by atomic mass is 9.72. The normalized spacial score (nSPS) is 45.4. The van der Waals surface area contributed by atoms with Gasteiger partial charge >= 0.3 is 6.03 Å². The Balaban J connectivity index is 1.26. The summed E-state index contributed by atoms with van der Waals surface area (Å²) in [5.41, 5.74) is 0. The van der Waals surface area contributed by atoms with E-state index in [1.54, 1.807) is 11.8 Å². The lowest BCUT2D eigenvalue weighted by Crippen LogP contribution is -2.81. The maximum atomic E-state index is 16.6. The van der Waals surface area contributed by atoms with Crippen molar-refractivity contribution in [2.75, 3.05) is 25.5 Å². The zero-order valence-electron chi connectivity index (χ0n) is 26.2. The highest BCUT2D eigenvalue weighted by Gasteiger charge is 2.60. The van der Waals surface area contributed by atoms with Gasteiger partial charge in [-0.05, 0) is 44.1 Å². The Labute approximate surface area is 268 Å². The van der Waals surface area contributed by atoms with Crippen LogP contribution in [0.1, 0.15) is 52.4 Å². The van der Waals surface area contributed by atoms with E-state index in [1.807, 2.05) is 9.80 Å². The molecule has 12 unspecified atom stereocenters. The van der Waals surface area contributed by atoms with E-state index in [4.69, 9.17) is 0 Å². The summed E-state index contributed by atoms with van der Waals surface area (Å²) in [6.45, 7) is 9.58. The van der Waals surface area contributed by atoms with Gasteiger partial charge in [0, 0.05) is 74.0 Å². The molecule has 45 heavy (non-hydrogen) atoms. The molecule has 2 bridgehead atoms. The van der Waals surface area contributed by atoms with Gasteiger partial charge in [0.2, 0.25) is 11.8 Å². The molecule has 4 amide bonds. The molecule has 5 N–H and O–H groups in total. The van der Waals surface area contributed by atoms with Crippen molar-refractivity contribution in [1.82, 2.24) is 41.3 Å². The maximum Gasteiger partial charge on any atom is 0.320 e. The van der Waals surface area contributed by atoms with Crippen LogP contribution >= 0.6 is 11.8 Å². The van der Waals surface area contributed by atoms with Crippen LogP contribution in [0.3, 0.4) is 0 Å². The number of hydrogen-bond acceptors (Lipinski definition) is 8. The summed E-state index contributed by atoms with van der Waals surface area (Å²) in [7, 11) is 0. The van der Waals surface area contributed by atoms with Crippen LogP contribution in [0.5, 0.6) is 0 Å². The van der Waals surface area contributed by atoms with E-state index >= 15 is 8.78 Å². The molecule has 5 saturated heterocycles. The van der Waals surface area contributed by atoms with E-state index in [9.17, 15) is 14.4 Å². The van der Waals surface area contributed by atoms with Gasteiger partial charge in [-0.2, -0.15) is 0 Å². The number of fused-ring (bicyclic) bond motifs is 6. The van der Waals surface area contributed by atoms with Gasteiger partial charge in [-0.3, -0.25) is 30.4 Å². The second kappa shape index (κ2) is 12.6. The van der Waals surface area contributed by atoms with E-state index in [0.717, 1.165) is 6.42 Å². The Morgan fingerprint density at radius 3 is 2.64 bits per heavy atom. The summed E-state index contributed by atoms with van der Waals surface area (Å²) >= 11 is 1.64. The molecule has 5 heterocycles. The number of nitrogens with zero attached hydrogens (tertiary/aromatic N) is 3. The topological polar surface area (TPSA) is 121 Å². The molecule has 7 aliphatic rings. The molecule has 2 aliphatic carbocycles. The second-order valence-electron chi connectivity index (χ2n) is 14.3. The molecule has 0 spiro atoms. The molecule has 5 aliphatic heterocycles. The zero-order chi connectivity index (χ0) is 31.6. The fourth-order valence-electron chi connectivity index (χ4n) is 9.32. The fraction of sp³-hybridized carbons (Fsp3) is 0.839. The van der Waals surface area contributed by atoms with Crippen LogP contribution in [0, 0.1) is 17.8 Å². The van der Waals surface area contributed by atoms with Crippen molar-refractivity contribution in [1.29, 1.82) is 0 Å². The van der Waals surface area contributed by atoms with Crippen molar-refractivity contribution in [2.24, 2.45) is 17.8 Å². The number of nitrogens with one attached hydrogen (secondary N) is 5. The highest BCUT2D eigenvalue weighted by molar-refractivity contribution is 7.99. The Bertz CT molecular complexity index is 1180. The van der Waals surface area contributed by atoms with Crippen LogP contribution in [0.25, 0.3) is 0 Å². The van der Waals surface area contributed by atoms with Crippen molar-refractivity contribution in [3.05, 3.63) is 12.7 Å². The van der Waals surface area contributed by atoms with Crippen LogP contribution in [0.15, 0.2) is 12.7 Å². The molecular weight excluding hydrogens is 602 g/mol. The number of alkyl halides is 2. The Kier molecular flexibility index (Phi) is 8.81. The summed E-state index contributed by atoms with van der Waals surface area (Å²) < 4.78 is 32.5. The van der Waals surface area contributed by atoms with E-state index in [2.05, 4.69) is 51.9 Å². The third kappa shape index (κ3) is 5.66. The summed E-state index contributed by atoms with van der Waals surface area (Å²) in [5.74, 6) is -0.512. The third-order valence-corrected chi connectivity index (χ3v) is 12.7. The molecule has 2 saturated carbocycles. The van der Waals surface area contributed by atoms with E-state index < -0.39 is 42.7 Å².